The van der Waals surface area contributed by atoms with Crippen molar-refractivity contribution in [3.05, 3.63) is 54.0 Å². The van der Waals surface area contributed by atoms with E-state index in [2.05, 4.69) is 9.88 Å². The summed E-state index contributed by atoms with van der Waals surface area (Å²) in [6.45, 7) is 2.03. The lowest BCUT2D eigenvalue weighted by Crippen LogP contribution is -2.26. The molecular weight excluding hydrogens is 269 g/mol. The number of methoxy groups -OCH3 is 1. The summed E-state index contributed by atoms with van der Waals surface area (Å²) in [5.41, 5.74) is 7.45. The second-order valence-corrected chi connectivity index (χ2v) is 4.71. The summed E-state index contributed by atoms with van der Waals surface area (Å²) in [6.07, 6.45) is 0.862. The second kappa shape index (κ2) is 7.59. The maximum Gasteiger partial charge on any atom is 0.213 e. The number of hydrogen-bond donors (Lipinski definition) is 1. The van der Waals surface area contributed by atoms with E-state index in [4.69, 9.17) is 10.5 Å². The number of hydrogen-bond acceptors (Lipinski definition) is 4. The molecule has 2 rings (SSSR count). The minimum absolute atomic E-state index is 0.239. The van der Waals surface area contributed by atoms with Gasteiger partial charge in [-0.1, -0.05) is 6.07 Å². The van der Waals surface area contributed by atoms with Gasteiger partial charge in [0.2, 0.25) is 5.88 Å². The molecule has 0 unspecified atom stereocenters. The number of nitrogens with zero attached hydrogens (tertiary/aromatic N) is 2. The molecule has 0 spiro atoms. The Morgan fingerprint density at radius 2 is 1.95 bits per heavy atom. The Balaban J connectivity index is 2.17. The number of aromatic nitrogens is 1. The number of pyridine rings is 1. The van der Waals surface area contributed by atoms with Gasteiger partial charge in [0, 0.05) is 18.3 Å². The van der Waals surface area contributed by atoms with Crippen molar-refractivity contribution in [2.75, 3.05) is 25.1 Å². The molecule has 2 N–H and O–H groups in total. The van der Waals surface area contributed by atoms with E-state index in [1.165, 1.54) is 12.1 Å². The average Bonchev–Trinajstić information content (AvgIpc) is 2.52. The van der Waals surface area contributed by atoms with Crippen LogP contribution >= 0.6 is 0 Å². The largest absolute Gasteiger partial charge is 0.481 e. The van der Waals surface area contributed by atoms with E-state index in [1.807, 2.05) is 18.2 Å². The Morgan fingerprint density at radius 3 is 2.62 bits per heavy atom. The molecule has 0 saturated heterocycles. The zero-order valence-electron chi connectivity index (χ0n) is 12.1. The van der Waals surface area contributed by atoms with Crippen molar-refractivity contribution in [2.24, 2.45) is 5.73 Å². The van der Waals surface area contributed by atoms with E-state index in [1.54, 1.807) is 19.2 Å². The smallest absolute Gasteiger partial charge is 0.213 e. The molecule has 0 aliphatic rings. The van der Waals surface area contributed by atoms with Crippen molar-refractivity contribution in [3.8, 4) is 5.88 Å². The second-order valence-electron chi connectivity index (χ2n) is 4.71. The normalized spacial score (nSPS) is 10.4. The lowest BCUT2D eigenvalue weighted by molar-refractivity contribution is 0.396. The number of benzene rings is 1. The van der Waals surface area contributed by atoms with Crippen LogP contribution in [0.3, 0.4) is 0 Å². The number of nitrogens with two attached hydrogens (primary N) is 1. The molecule has 1 aromatic heterocycles. The summed E-state index contributed by atoms with van der Waals surface area (Å²) in [7, 11) is 1.60. The third-order valence-corrected chi connectivity index (χ3v) is 3.17. The summed E-state index contributed by atoms with van der Waals surface area (Å²) < 4.78 is 18.2. The van der Waals surface area contributed by atoms with Gasteiger partial charge < -0.3 is 15.4 Å². The number of anilines is 1. The number of rotatable bonds is 7. The highest BCUT2D eigenvalue weighted by Gasteiger charge is 2.09. The Labute approximate surface area is 124 Å². The van der Waals surface area contributed by atoms with Crippen LogP contribution in [0, 0.1) is 5.82 Å². The number of ether oxygens (including phenoxy) is 1. The van der Waals surface area contributed by atoms with Crippen LogP contribution in [0.5, 0.6) is 5.88 Å². The summed E-state index contributed by atoms with van der Waals surface area (Å²) in [5, 5.41) is 0. The fourth-order valence-corrected chi connectivity index (χ4v) is 2.09. The van der Waals surface area contributed by atoms with E-state index in [0.29, 0.717) is 19.0 Å². The van der Waals surface area contributed by atoms with Crippen molar-refractivity contribution >= 4 is 5.69 Å². The third-order valence-electron chi connectivity index (χ3n) is 3.17. The summed E-state index contributed by atoms with van der Waals surface area (Å²) in [6, 6.07) is 12.1. The van der Waals surface area contributed by atoms with Crippen molar-refractivity contribution in [1.82, 2.24) is 4.98 Å². The topological polar surface area (TPSA) is 51.4 Å². The lowest BCUT2D eigenvalue weighted by Gasteiger charge is -2.24. The summed E-state index contributed by atoms with van der Waals surface area (Å²) in [5.74, 6) is 0.349. The zero-order valence-corrected chi connectivity index (χ0v) is 12.1. The molecule has 0 aliphatic carbocycles. The first-order valence-corrected chi connectivity index (χ1v) is 6.93. The summed E-state index contributed by atoms with van der Waals surface area (Å²) in [4.78, 5) is 6.55. The lowest BCUT2D eigenvalue weighted by atomic mass is 10.2. The molecular formula is C16H20FN3O. The predicted molar refractivity (Wildman–Crippen MR) is 81.9 cm³/mol. The van der Waals surface area contributed by atoms with Gasteiger partial charge in [-0.2, -0.15) is 0 Å². The van der Waals surface area contributed by atoms with Crippen molar-refractivity contribution < 1.29 is 9.13 Å². The Hall–Kier alpha value is -2.14. The molecule has 0 amide bonds. The van der Waals surface area contributed by atoms with Crippen molar-refractivity contribution in [1.29, 1.82) is 0 Å². The maximum absolute atomic E-state index is 13.1. The van der Waals surface area contributed by atoms with Crippen LogP contribution in [0.25, 0.3) is 0 Å². The van der Waals surface area contributed by atoms with Gasteiger partial charge in [0.1, 0.15) is 5.82 Å². The molecule has 0 radical (unpaired) electrons. The van der Waals surface area contributed by atoms with Crippen LogP contribution in [0.1, 0.15) is 12.1 Å². The van der Waals surface area contributed by atoms with E-state index in [-0.39, 0.29) is 5.82 Å². The molecule has 2 aromatic rings. The molecule has 0 fully saturated rings. The predicted octanol–water partition coefficient (Wildman–Crippen LogP) is 2.58. The molecule has 0 bridgehead atoms. The van der Waals surface area contributed by atoms with E-state index in [0.717, 1.165) is 24.3 Å². The number of halogens is 1. The van der Waals surface area contributed by atoms with Gasteiger partial charge in [-0.05, 0) is 43.3 Å². The maximum atomic E-state index is 13.1. The molecule has 0 atom stereocenters. The average molecular weight is 289 g/mol. The van der Waals surface area contributed by atoms with Gasteiger partial charge in [0.05, 0.1) is 19.3 Å². The third kappa shape index (κ3) is 4.43. The van der Waals surface area contributed by atoms with Crippen LogP contribution < -0.4 is 15.4 Å². The Morgan fingerprint density at radius 1 is 1.19 bits per heavy atom. The van der Waals surface area contributed by atoms with Gasteiger partial charge in [0.25, 0.3) is 0 Å². The molecule has 4 nitrogen and oxygen atoms in total. The van der Waals surface area contributed by atoms with Gasteiger partial charge >= 0.3 is 0 Å². The van der Waals surface area contributed by atoms with E-state index in [9.17, 15) is 4.39 Å². The van der Waals surface area contributed by atoms with Crippen LogP contribution in [-0.4, -0.2) is 25.2 Å². The Kier molecular flexibility index (Phi) is 5.51. The van der Waals surface area contributed by atoms with E-state index < -0.39 is 0 Å². The molecule has 5 heteroatoms. The zero-order chi connectivity index (χ0) is 15.1. The molecule has 21 heavy (non-hydrogen) atoms. The minimum atomic E-state index is -0.239. The SMILES string of the molecule is COc1cccc(CN(CCCN)c2ccc(F)cc2)n1. The Bertz CT molecular complexity index is 560. The standard InChI is InChI=1S/C16H20FN3O/c1-21-16-5-2-4-14(19-16)12-20(11-3-10-18)15-8-6-13(17)7-9-15/h2,4-9H,3,10-12,18H2,1H3. The van der Waals surface area contributed by atoms with Gasteiger partial charge in [0.15, 0.2) is 0 Å². The molecule has 1 aromatic carbocycles. The highest BCUT2D eigenvalue weighted by atomic mass is 19.1. The van der Waals surface area contributed by atoms with Crippen molar-refractivity contribution in [2.45, 2.75) is 13.0 Å². The fraction of sp³-hybridized carbons (Fsp3) is 0.312. The highest BCUT2D eigenvalue weighted by Crippen LogP contribution is 2.18. The molecule has 0 saturated carbocycles. The van der Waals surface area contributed by atoms with E-state index >= 15 is 0 Å². The fourth-order valence-electron chi connectivity index (χ4n) is 2.09. The first kappa shape index (κ1) is 15.3. The van der Waals surface area contributed by atoms with Crippen molar-refractivity contribution in [3.63, 3.8) is 0 Å². The van der Waals surface area contributed by atoms with Gasteiger partial charge in [-0.3, -0.25) is 0 Å². The highest BCUT2D eigenvalue weighted by molar-refractivity contribution is 5.46. The van der Waals surface area contributed by atoms with Gasteiger partial charge in [-0.25, -0.2) is 9.37 Å². The van der Waals surface area contributed by atoms with Crippen LogP contribution in [-0.2, 0) is 6.54 Å². The van der Waals surface area contributed by atoms with Gasteiger partial charge in [-0.15, -0.1) is 0 Å². The quantitative estimate of drug-likeness (QED) is 0.851. The minimum Gasteiger partial charge on any atom is -0.481 e. The first-order valence-electron chi connectivity index (χ1n) is 6.93. The van der Waals surface area contributed by atoms with Crippen LogP contribution in [0.2, 0.25) is 0 Å². The van der Waals surface area contributed by atoms with Crippen LogP contribution in [0.15, 0.2) is 42.5 Å². The monoisotopic (exact) mass is 289 g/mol. The summed E-state index contributed by atoms with van der Waals surface area (Å²) >= 11 is 0. The van der Waals surface area contributed by atoms with Crippen LogP contribution in [0.4, 0.5) is 10.1 Å². The molecule has 112 valence electrons. The molecule has 1 heterocycles. The molecule has 0 aliphatic heterocycles. The first-order chi connectivity index (χ1) is 10.2.